The van der Waals surface area contributed by atoms with Crippen LogP contribution in [0.1, 0.15) is 37.3 Å². The standard InChI is InChI=1S/C35H42N6O/c1-2-38(27-29-13-15-33(16-14-29)42-24-23-39-17-6-3-7-18-39)19-20-40-21-22-41(35(40)32(25-36)26-37)28-31-11-8-10-30-9-4-5-12-34(30)31/h4-5,8-16H,2-3,6-7,17-24,27-28H2,1H3. The van der Waals surface area contributed by atoms with Gasteiger partial charge in [-0.15, -0.1) is 0 Å². The molecule has 2 aliphatic heterocycles. The van der Waals surface area contributed by atoms with Crippen LogP contribution < -0.4 is 4.74 Å². The number of fused-ring (bicyclic) bond motifs is 1. The first-order valence-electron chi connectivity index (χ1n) is 15.4. The molecule has 0 aromatic heterocycles. The number of hydrogen-bond acceptors (Lipinski definition) is 7. The van der Waals surface area contributed by atoms with Crippen molar-refractivity contribution in [1.29, 1.82) is 10.5 Å². The highest BCUT2D eigenvalue weighted by atomic mass is 16.5. The Morgan fingerprint density at radius 2 is 1.57 bits per heavy atom. The number of hydrogen-bond donors (Lipinski definition) is 0. The van der Waals surface area contributed by atoms with Crippen LogP contribution >= 0.6 is 0 Å². The Balaban J connectivity index is 1.17. The van der Waals surface area contributed by atoms with Crippen molar-refractivity contribution in [2.24, 2.45) is 0 Å². The summed E-state index contributed by atoms with van der Waals surface area (Å²) < 4.78 is 6.02. The van der Waals surface area contributed by atoms with Crippen molar-refractivity contribution in [2.45, 2.75) is 39.3 Å². The van der Waals surface area contributed by atoms with E-state index in [9.17, 15) is 10.5 Å². The third-order valence-electron chi connectivity index (χ3n) is 8.52. The van der Waals surface area contributed by atoms with Crippen LogP contribution in [0.4, 0.5) is 0 Å². The molecule has 7 heteroatoms. The van der Waals surface area contributed by atoms with Gasteiger partial charge in [0, 0.05) is 45.8 Å². The molecule has 42 heavy (non-hydrogen) atoms. The molecule has 218 valence electrons. The van der Waals surface area contributed by atoms with Gasteiger partial charge >= 0.3 is 0 Å². The summed E-state index contributed by atoms with van der Waals surface area (Å²) in [6, 6.07) is 27.5. The van der Waals surface area contributed by atoms with Crippen LogP contribution in [-0.2, 0) is 13.1 Å². The van der Waals surface area contributed by atoms with Gasteiger partial charge in [-0.1, -0.05) is 67.9 Å². The van der Waals surface area contributed by atoms with Crippen LogP contribution in [0.25, 0.3) is 10.8 Å². The fraction of sp³-hybridized carbons (Fsp3) is 0.429. The minimum absolute atomic E-state index is 0.187. The molecule has 0 unspecified atom stereocenters. The number of nitriles is 2. The molecule has 0 aliphatic carbocycles. The second-order valence-corrected chi connectivity index (χ2v) is 11.2. The minimum Gasteiger partial charge on any atom is -0.492 e. The summed E-state index contributed by atoms with van der Waals surface area (Å²) in [6.45, 7) is 11.9. The Morgan fingerprint density at radius 3 is 2.33 bits per heavy atom. The van der Waals surface area contributed by atoms with Crippen molar-refractivity contribution in [2.75, 3.05) is 59.0 Å². The Labute approximate surface area is 250 Å². The van der Waals surface area contributed by atoms with Crippen LogP contribution in [0.15, 0.2) is 78.1 Å². The van der Waals surface area contributed by atoms with E-state index in [4.69, 9.17) is 4.74 Å². The highest BCUT2D eigenvalue weighted by Gasteiger charge is 2.29. The summed E-state index contributed by atoms with van der Waals surface area (Å²) in [5.74, 6) is 1.69. The second kappa shape index (κ2) is 14.7. The second-order valence-electron chi connectivity index (χ2n) is 11.2. The molecule has 0 spiro atoms. The first kappa shape index (κ1) is 29.5. The number of likely N-dealkylation sites (tertiary alicyclic amines) is 1. The van der Waals surface area contributed by atoms with E-state index in [1.54, 1.807) is 0 Å². The van der Waals surface area contributed by atoms with E-state index in [1.807, 2.05) is 0 Å². The average molecular weight is 563 g/mol. The van der Waals surface area contributed by atoms with Gasteiger partial charge in [-0.2, -0.15) is 10.5 Å². The predicted molar refractivity (Wildman–Crippen MR) is 167 cm³/mol. The average Bonchev–Trinajstić information content (AvgIpc) is 3.43. The van der Waals surface area contributed by atoms with Gasteiger partial charge in [-0.05, 0) is 66.5 Å². The first-order chi connectivity index (χ1) is 20.7. The molecule has 0 N–H and O–H groups in total. The van der Waals surface area contributed by atoms with Gasteiger partial charge in [0.1, 0.15) is 30.3 Å². The molecule has 7 nitrogen and oxygen atoms in total. The van der Waals surface area contributed by atoms with Crippen LogP contribution in [0.3, 0.4) is 0 Å². The van der Waals surface area contributed by atoms with E-state index in [1.165, 1.54) is 54.3 Å². The topological polar surface area (TPSA) is 69.8 Å². The van der Waals surface area contributed by atoms with Gasteiger partial charge in [0.15, 0.2) is 5.57 Å². The molecule has 0 radical (unpaired) electrons. The normalized spacial score (nSPS) is 15.7. The zero-order valence-electron chi connectivity index (χ0n) is 24.8. The molecule has 0 saturated carbocycles. The fourth-order valence-electron chi connectivity index (χ4n) is 6.14. The third kappa shape index (κ3) is 7.42. The lowest BCUT2D eigenvalue weighted by Crippen LogP contribution is -2.34. The van der Waals surface area contributed by atoms with Crippen molar-refractivity contribution in [1.82, 2.24) is 19.6 Å². The molecule has 2 fully saturated rings. The molecule has 2 aliphatic rings. The van der Waals surface area contributed by atoms with Gasteiger partial charge < -0.3 is 14.5 Å². The number of benzene rings is 3. The molecule has 0 amide bonds. The van der Waals surface area contributed by atoms with Gasteiger partial charge in [0.05, 0.1) is 0 Å². The Kier molecular flexibility index (Phi) is 10.3. The number of likely N-dealkylation sites (N-methyl/N-ethyl adjacent to an activating group) is 1. The summed E-state index contributed by atoms with van der Waals surface area (Å²) in [5, 5.41) is 22.0. The van der Waals surface area contributed by atoms with Gasteiger partial charge in [0.2, 0.25) is 0 Å². The predicted octanol–water partition coefficient (Wildman–Crippen LogP) is 5.60. The minimum atomic E-state index is 0.187. The van der Waals surface area contributed by atoms with Gasteiger partial charge in [-0.25, -0.2) is 0 Å². The number of ether oxygens (including phenoxy) is 1. The van der Waals surface area contributed by atoms with Gasteiger partial charge in [0.25, 0.3) is 0 Å². The van der Waals surface area contributed by atoms with Crippen LogP contribution in [0.5, 0.6) is 5.75 Å². The smallest absolute Gasteiger partial charge is 0.169 e. The summed E-state index contributed by atoms with van der Waals surface area (Å²) in [6.07, 6.45) is 3.97. The van der Waals surface area contributed by atoms with E-state index in [2.05, 4.69) is 105 Å². The van der Waals surface area contributed by atoms with Crippen LogP contribution in [0.2, 0.25) is 0 Å². The first-order valence-corrected chi connectivity index (χ1v) is 15.4. The molecular formula is C35H42N6O. The van der Waals surface area contributed by atoms with E-state index in [0.29, 0.717) is 6.54 Å². The lowest BCUT2D eigenvalue weighted by atomic mass is 10.0. The lowest BCUT2D eigenvalue weighted by Gasteiger charge is -2.28. The third-order valence-corrected chi connectivity index (χ3v) is 8.52. The Hall–Kier alpha value is -4.04. The van der Waals surface area contributed by atoms with Crippen molar-refractivity contribution in [3.63, 3.8) is 0 Å². The van der Waals surface area contributed by atoms with E-state index in [0.717, 1.165) is 64.0 Å². The maximum absolute atomic E-state index is 9.81. The van der Waals surface area contributed by atoms with Crippen molar-refractivity contribution in [3.05, 3.63) is 89.3 Å². The van der Waals surface area contributed by atoms with E-state index >= 15 is 0 Å². The summed E-state index contributed by atoms with van der Waals surface area (Å²) in [7, 11) is 0. The largest absolute Gasteiger partial charge is 0.492 e. The van der Waals surface area contributed by atoms with E-state index in [-0.39, 0.29) is 5.57 Å². The van der Waals surface area contributed by atoms with Crippen molar-refractivity contribution in [3.8, 4) is 17.9 Å². The Morgan fingerprint density at radius 1 is 0.833 bits per heavy atom. The molecule has 0 bridgehead atoms. The van der Waals surface area contributed by atoms with Crippen molar-refractivity contribution >= 4 is 10.8 Å². The highest BCUT2D eigenvalue weighted by molar-refractivity contribution is 5.85. The fourth-order valence-corrected chi connectivity index (χ4v) is 6.14. The van der Waals surface area contributed by atoms with Crippen LogP contribution in [-0.4, -0.2) is 78.6 Å². The molecular weight excluding hydrogens is 520 g/mol. The quantitative estimate of drug-likeness (QED) is 0.266. The number of allylic oxidation sites excluding steroid dienone is 1. The SMILES string of the molecule is CCN(CCN1CCN(Cc2cccc3ccccc23)C1=C(C#N)C#N)Cc1ccc(OCCN2CCCCC2)cc1. The summed E-state index contributed by atoms with van der Waals surface area (Å²) >= 11 is 0. The van der Waals surface area contributed by atoms with Crippen LogP contribution in [0, 0.1) is 22.7 Å². The molecule has 0 atom stereocenters. The maximum Gasteiger partial charge on any atom is 0.169 e. The Bertz CT molecular complexity index is 1410. The zero-order valence-corrected chi connectivity index (χ0v) is 24.8. The van der Waals surface area contributed by atoms with E-state index < -0.39 is 0 Å². The monoisotopic (exact) mass is 562 g/mol. The lowest BCUT2D eigenvalue weighted by molar-refractivity contribution is 0.183. The number of rotatable bonds is 12. The van der Waals surface area contributed by atoms with Crippen molar-refractivity contribution < 1.29 is 4.74 Å². The summed E-state index contributed by atoms with van der Waals surface area (Å²) in [5.41, 5.74) is 2.65. The maximum atomic E-state index is 9.81. The number of piperidine rings is 1. The molecule has 5 rings (SSSR count). The molecule has 3 aromatic rings. The van der Waals surface area contributed by atoms with Gasteiger partial charge in [-0.3, -0.25) is 9.80 Å². The highest BCUT2D eigenvalue weighted by Crippen LogP contribution is 2.27. The molecule has 2 heterocycles. The summed E-state index contributed by atoms with van der Waals surface area (Å²) in [4.78, 5) is 9.32. The zero-order chi connectivity index (χ0) is 29.1. The number of nitrogens with zero attached hydrogens (tertiary/aromatic N) is 6. The molecule has 2 saturated heterocycles. The molecule has 3 aromatic carbocycles.